The molecule has 2 fully saturated rings. The number of aliphatic carboxylic acids is 2. The fraction of sp³-hybridized carbons (Fsp3) is 0.833. The van der Waals surface area contributed by atoms with Crippen LogP contribution in [0, 0.1) is 5.44 Å². The zero-order valence-electron chi connectivity index (χ0n) is 27.3. The molecule has 0 aliphatic carbocycles. The SMILES string of the molecule is CC1(O)CSC(O)(C(=O)[O-])CS1.CCC[N+](C)(C)C.CCC[N+](C)(C)C.O=C([O-])C1(O)CS[C-](O)CS1.O=C=O.[Cl-].[Na+].[Na+]. The van der Waals surface area contributed by atoms with Crippen molar-refractivity contribution >= 4 is 65.1 Å². The van der Waals surface area contributed by atoms with Crippen LogP contribution in [-0.2, 0) is 19.2 Å². The maximum absolute atomic E-state index is 10.4. The minimum Gasteiger partial charge on any atom is -1.00 e. The predicted molar refractivity (Wildman–Crippen MR) is 157 cm³/mol. The summed E-state index contributed by atoms with van der Waals surface area (Å²) in [6.07, 6.45) is 2.81. The van der Waals surface area contributed by atoms with E-state index in [2.05, 4.69) is 56.1 Å². The largest absolute Gasteiger partial charge is 1.00 e. The summed E-state index contributed by atoms with van der Waals surface area (Å²) in [5.41, 5.74) is 0.140. The molecule has 19 heteroatoms. The summed E-state index contributed by atoms with van der Waals surface area (Å²) in [7, 11) is 13.3. The van der Waals surface area contributed by atoms with Crippen molar-refractivity contribution in [1.29, 1.82) is 0 Å². The van der Waals surface area contributed by atoms with Crippen LogP contribution in [0.1, 0.15) is 33.6 Å². The van der Waals surface area contributed by atoms with Crippen LogP contribution in [0.15, 0.2) is 0 Å². The first-order valence-corrected chi connectivity index (χ1v) is 16.2. The van der Waals surface area contributed by atoms with Crippen molar-refractivity contribution in [1.82, 2.24) is 0 Å². The summed E-state index contributed by atoms with van der Waals surface area (Å²) in [5.74, 6) is -2.78. The second-order valence-electron chi connectivity index (χ2n) is 11.0. The number of thioether (sulfide) groups is 4. The molecule has 43 heavy (non-hydrogen) atoms. The van der Waals surface area contributed by atoms with Crippen LogP contribution in [0.5, 0.6) is 0 Å². The quantitative estimate of drug-likeness (QED) is 0.114. The summed E-state index contributed by atoms with van der Waals surface area (Å²) < 4.78 is 2.19. The normalized spacial score (nSPS) is 24.6. The average Bonchev–Trinajstić information content (AvgIpc) is 2.78. The Morgan fingerprint density at radius 3 is 1.33 bits per heavy atom. The molecule has 0 saturated carbocycles. The van der Waals surface area contributed by atoms with Gasteiger partial charge >= 0.3 is 65.3 Å². The number of hydrogen-bond acceptors (Lipinski definition) is 14. The summed E-state index contributed by atoms with van der Waals surface area (Å²) >= 11 is 3.52. The van der Waals surface area contributed by atoms with E-state index >= 15 is 0 Å². The van der Waals surface area contributed by atoms with Gasteiger partial charge in [-0.3, -0.25) is 0 Å². The number of carboxylic acid groups (broad SMARTS) is 2. The van der Waals surface area contributed by atoms with Crippen molar-refractivity contribution in [3.63, 3.8) is 0 Å². The third-order valence-corrected chi connectivity index (χ3v) is 10.3. The van der Waals surface area contributed by atoms with E-state index in [1.54, 1.807) is 6.92 Å². The molecule has 2 rings (SSSR count). The Balaban J connectivity index is -0.000000103. The molecular weight excluding hydrogens is 686 g/mol. The zero-order chi connectivity index (χ0) is 32.4. The molecule has 12 nitrogen and oxygen atoms in total. The number of rotatable bonds is 6. The maximum Gasteiger partial charge on any atom is 1.00 e. The van der Waals surface area contributed by atoms with E-state index in [1.807, 2.05) is 0 Å². The van der Waals surface area contributed by atoms with Crippen LogP contribution in [0.3, 0.4) is 0 Å². The van der Waals surface area contributed by atoms with Crippen molar-refractivity contribution in [3.8, 4) is 0 Å². The van der Waals surface area contributed by atoms with E-state index in [4.69, 9.17) is 14.7 Å². The molecule has 2 saturated heterocycles. The molecule has 0 aromatic heterocycles. The van der Waals surface area contributed by atoms with Gasteiger partial charge in [-0.1, -0.05) is 19.6 Å². The fourth-order valence-corrected chi connectivity index (χ4v) is 6.86. The Kier molecular flexibility index (Phi) is 36.7. The first-order chi connectivity index (χ1) is 17.9. The van der Waals surface area contributed by atoms with Gasteiger partial charge in [0.1, 0.15) is 4.93 Å². The first kappa shape index (κ1) is 57.1. The topological polar surface area (TPSA) is 195 Å². The second kappa shape index (κ2) is 27.7. The summed E-state index contributed by atoms with van der Waals surface area (Å²) in [5, 5.41) is 57.5. The minimum atomic E-state index is -1.84. The van der Waals surface area contributed by atoms with Gasteiger partial charge in [0.15, 0.2) is 9.87 Å². The predicted octanol–water partition coefficient (Wildman–Crippen LogP) is -9.99. The van der Waals surface area contributed by atoms with E-state index in [9.17, 15) is 35.1 Å². The standard InChI is InChI=1S/2C6H16N.C6H10O4S2.C5H7O4S2.CO2.ClH.2Na/c2*1-5-6-7(2,3)4;1-5(9)2-12-6(10,3-11-5)4(7)8;6-3-1-11-5(9,2-10-3)4(7)8;2-1-3;;;/h2*5-6H2,1-4H3;9-10H,2-3H2,1H3,(H,7,8);6,9H,1-2H2,(H,7,8);;1H;;/q2*+1;;-1;;;2*+1/p-3. The van der Waals surface area contributed by atoms with Crippen LogP contribution in [0.25, 0.3) is 0 Å². The Bertz CT molecular complexity index is 752. The second-order valence-corrected chi connectivity index (χ2v) is 16.0. The van der Waals surface area contributed by atoms with Gasteiger partial charge in [0.05, 0.1) is 67.3 Å². The molecule has 2 aliphatic heterocycles. The molecule has 0 amide bonds. The number of carbonyl (C=O) groups excluding carboxylic acids is 4. The number of halogens is 1. The molecule has 0 spiro atoms. The Morgan fingerprint density at radius 1 is 0.791 bits per heavy atom. The summed E-state index contributed by atoms with van der Waals surface area (Å²) in [6, 6.07) is 0. The number of aliphatic hydroxyl groups is 4. The third kappa shape index (κ3) is 33.5. The van der Waals surface area contributed by atoms with Crippen molar-refractivity contribution in [2.45, 2.75) is 48.4 Å². The van der Waals surface area contributed by atoms with Gasteiger partial charge in [-0.2, -0.15) is 21.4 Å². The van der Waals surface area contributed by atoms with Crippen LogP contribution in [-0.4, -0.2) is 141 Å². The fourth-order valence-electron chi connectivity index (χ4n) is 2.61. The van der Waals surface area contributed by atoms with Gasteiger partial charge < -0.3 is 73.4 Å². The number of nitrogens with zero attached hydrogens (tertiary/aromatic N) is 2. The minimum absolute atomic E-state index is 0. The molecule has 3 unspecified atom stereocenters. The number of carbonyl (C=O) groups is 2. The van der Waals surface area contributed by atoms with E-state index in [-0.39, 0.29) is 106 Å². The molecule has 4 N–H and O–H groups in total. The van der Waals surface area contributed by atoms with Crippen LogP contribution in [0.2, 0.25) is 0 Å². The summed E-state index contributed by atoms with van der Waals surface area (Å²) in [6.45, 7) is 8.56. The first-order valence-electron chi connectivity index (χ1n) is 12.2. The van der Waals surface area contributed by atoms with Gasteiger partial charge in [-0.05, 0) is 19.8 Å². The summed E-state index contributed by atoms with van der Waals surface area (Å²) in [4.78, 5) is 32.3. The van der Waals surface area contributed by atoms with Crippen molar-refractivity contribution in [3.05, 3.63) is 5.44 Å². The molecule has 246 valence electrons. The Labute approximate surface area is 324 Å². The molecule has 2 aliphatic rings. The molecule has 0 radical (unpaired) electrons. The van der Waals surface area contributed by atoms with Gasteiger partial charge in [-0.25, -0.2) is 0 Å². The van der Waals surface area contributed by atoms with Gasteiger partial charge in [-0.15, -0.1) is 29.0 Å². The average molecular weight is 733 g/mol. The smallest absolute Gasteiger partial charge is 1.00 e. The van der Waals surface area contributed by atoms with E-state index in [0.717, 1.165) is 56.0 Å². The molecule has 2 heterocycles. The zero-order valence-corrected chi connectivity index (χ0v) is 35.3. The third-order valence-electron chi connectivity index (χ3n) is 4.45. The monoisotopic (exact) mass is 732 g/mol. The van der Waals surface area contributed by atoms with Crippen molar-refractivity contribution in [2.24, 2.45) is 0 Å². The van der Waals surface area contributed by atoms with Gasteiger partial charge in [0.2, 0.25) is 0 Å². The van der Waals surface area contributed by atoms with E-state index in [1.165, 1.54) is 25.9 Å². The Hall–Kier alpha value is 1.77. The van der Waals surface area contributed by atoms with E-state index in [0.29, 0.717) is 0 Å². The molecule has 0 bridgehead atoms. The Morgan fingerprint density at radius 2 is 1.14 bits per heavy atom. The number of carboxylic acids is 2. The van der Waals surface area contributed by atoms with Gasteiger partial charge in [0.25, 0.3) is 0 Å². The maximum atomic E-state index is 10.4. The van der Waals surface area contributed by atoms with Crippen LogP contribution < -0.4 is 81.7 Å². The molecular formula is C24H47ClN2Na2O10S4. The molecule has 3 atom stereocenters. The molecule has 0 aromatic rings. The van der Waals surface area contributed by atoms with Gasteiger partial charge in [0, 0.05) is 17.3 Å². The van der Waals surface area contributed by atoms with Crippen LogP contribution >= 0.6 is 47.0 Å². The van der Waals surface area contributed by atoms with Crippen LogP contribution in [0.4, 0.5) is 0 Å². The molecule has 0 aromatic carbocycles. The number of hydrogen-bond donors (Lipinski definition) is 4. The van der Waals surface area contributed by atoms with E-state index < -0.39 is 26.7 Å². The number of quaternary nitrogens is 2. The van der Waals surface area contributed by atoms with Crippen molar-refractivity contribution in [2.75, 3.05) is 78.4 Å². The van der Waals surface area contributed by atoms with Crippen molar-refractivity contribution < 1.29 is 130 Å². The number of aliphatic hydroxyl groups excluding tert-OH is 1.